The molecular formula is C12H20F3NO3. The highest BCUT2D eigenvalue weighted by atomic mass is 19.4. The molecule has 0 aromatic rings. The van der Waals surface area contributed by atoms with Crippen molar-refractivity contribution in [1.82, 2.24) is 4.90 Å². The van der Waals surface area contributed by atoms with Crippen LogP contribution >= 0.6 is 0 Å². The van der Waals surface area contributed by atoms with Crippen LogP contribution in [-0.2, 0) is 9.53 Å². The van der Waals surface area contributed by atoms with Gasteiger partial charge in [-0.2, -0.15) is 13.2 Å². The molecule has 1 saturated carbocycles. The molecule has 0 saturated heterocycles. The fourth-order valence-electron chi connectivity index (χ4n) is 2.54. The summed E-state index contributed by atoms with van der Waals surface area (Å²) in [4.78, 5) is 12.5. The monoisotopic (exact) mass is 283 g/mol. The van der Waals surface area contributed by atoms with E-state index in [0.29, 0.717) is 26.0 Å². The van der Waals surface area contributed by atoms with Gasteiger partial charge in [0.25, 0.3) is 0 Å². The van der Waals surface area contributed by atoms with Crippen LogP contribution in [0.1, 0.15) is 25.7 Å². The highest BCUT2D eigenvalue weighted by molar-refractivity contribution is 5.69. The summed E-state index contributed by atoms with van der Waals surface area (Å²) in [6.07, 6.45) is -3.19. The van der Waals surface area contributed by atoms with Crippen molar-refractivity contribution in [3.8, 4) is 0 Å². The first kappa shape index (κ1) is 16.2. The van der Waals surface area contributed by atoms with Crippen molar-refractivity contribution in [3.63, 3.8) is 0 Å². The summed E-state index contributed by atoms with van der Waals surface area (Å²) < 4.78 is 42.6. The summed E-state index contributed by atoms with van der Waals surface area (Å²) in [6, 6.07) is -0.0927. The average Bonchev–Trinajstić information content (AvgIpc) is 2.33. The summed E-state index contributed by atoms with van der Waals surface area (Å²) in [5.41, 5.74) is 0. The molecule has 0 bridgehead atoms. The van der Waals surface area contributed by atoms with Crippen molar-refractivity contribution in [2.24, 2.45) is 5.92 Å². The maximum Gasteiger partial charge on any atom is 0.391 e. The van der Waals surface area contributed by atoms with Crippen LogP contribution < -0.4 is 0 Å². The van der Waals surface area contributed by atoms with Gasteiger partial charge in [-0.15, -0.1) is 0 Å². The minimum absolute atomic E-state index is 0.0806. The summed E-state index contributed by atoms with van der Waals surface area (Å²) in [7, 11) is 1.51. The number of aliphatic carboxylic acids is 1. The van der Waals surface area contributed by atoms with Gasteiger partial charge in [0.05, 0.1) is 19.1 Å². The van der Waals surface area contributed by atoms with E-state index in [1.54, 1.807) is 4.90 Å². The van der Waals surface area contributed by atoms with Crippen LogP contribution in [0.2, 0.25) is 0 Å². The lowest BCUT2D eigenvalue weighted by Crippen LogP contribution is -2.44. The van der Waals surface area contributed by atoms with Crippen LogP contribution in [0.3, 0.4) is 0 Å². The van der Waals surface area contributed by atoms with E-state index in [4.69, 9.17) is 9.84 Å². The third-order valence-corrected chi connectivity index (χ3v) is 3.60. The molecule has 7 heteroatoms. The summed E-state index contributed by atoms with van der Waals surface area (Å²) in [6.45, 7) is 0.668. The van der Waals surface area contributed by atoms with E-state index in [1.165, 1.54) is 7.11 Å². The maximum absolute atomic E-state index is 12.6. The van der Waals surface area contributed by atoms with Crippen LogP contribution in [0.5, 0.6) is 0 Å². The number of alkyl halides is 3. The number of methoxy groups -OCH3 is 1. The molecule has 112 valence electrons. The molecule has 1 fully saturated rings. The molecule has 1 N–H and O–H groups in total. The molecule has 1 rings (SSSR count). The Kier molecular flexibility index (Phi) is 6.06. The first-order chi connectivity index (χ1) is 8.84. The lowest BCUT2D eigenvalue weighted by atomic mass is 9.85. The first-order valence-electron chi connectivity index (χ1n) is 6.36. The van der Waals surface area contributed by atoms with Crippen LogP contribution in [0.4, 0.5) is 13.2 Å². The molecule has 0 aromatic carbocycles. The van der Waals surface area contributed by atoms with Gasteiger partial charge in [-0.25, -0.2) is 0 Å². The number of carboxylic acid groups (broad SMARTS) is 1. The van der Waals surface area contributed by atoms with Crippen molar-refractivity contribution in [2.45, 2.75) is 37.9 Å². The van der Waals surface area contributed by atoms with Crippen molar-refractivity contribution in [2.75, 3.05) is 26.8 Å². The van der Waals surface area contributed by atoms with Gasteiger partial charge in [-0.3, -0.25) is 9.69 Å². The zero-order chi connectivity index (χ0) is 14.5. The Hall–Kier alpha value is -0.820. The topological polar surface area (TPSA) is 49.8 Å². The van der Waals surface area contributed by atoms with E-state index in [-0.39, 0.29) is 25.4 Å². The van der Waals surface area contributed by atoms with E-state index in [9.17, 15) is 18.0 Å². The van der Waals surface area contributed by atoms with E-state index >= 15 is 0 Å². The first-order valence-corrected chi connectivity index (χ1v) is 6.36. The van der Waals surface area contributed by atoms with Gasteiger partial charge in [0.2, 0.25) is 0 Å². The third-order valence-electron chi connectivity index (χ3n) is 3.60. The van der Waals surface area contributed by atoms with Crippen LogP contribution in [-0.4, -0.2) is 55.0 Å². The second-order valence-corrected chi connectivity index (χ2v) is 4.90. The lowest BCUT2D eigenvalue weighted by Gasteiger charge is -2.36. The summed E-state index contributed by atoms with van der Waals surface area (Å²) >= 11 is 0. The van der Waals surface area contributed by atoms with E-state index in [0.717, 1.165) is 0 Å². The predicted octanol–water partition coefficient (Wildman–Crippen LogP) is 2.14. The smallest absolute Gasteiger partial charge is 0.391 e. The van der Waals surface area contributed by atoms with Gasteiger partial charge in [-0.1, -0.05) is 0 Å². The molecule has 1 aliphatic rings. The second kappa shape index (κ2) is 7.09. The summed E-state index contributed by atoms with van der Waals surface area (Å²) in [5.74, 6) is -2.20. The number of carboxylic acids is 1. The largest absolute Gasteiger partial charge is 0.480 e. The minimum atomic E-state index is -4.13. The normalized spacial score (nSPS) is 24.7. The van der Waals surface area contributed by atoms with E-state index < -0.39 is 18.1 Å². The molecule has 0 unspecified atom stereocenters. The number of hydrogen-bond donors (Lipinski definition) is 1. The fraction of sp³-hybridized carbons (Fsp3) is 0.917. The molecule has 19 heavy (non-hydrogen) atoms. The van der Waals surface area contributed by atoms with Gasteiger partial charge in [0, 0.05) is 19.7 Å². The molecule has 0 atom stereocenters. The van der Waals surface area contributed by atoms with Gasteiger partial charge < -0.3 is 9.84 Å². The molecule has 1 aliphatic carbocycles. The summed E-state index contributed by atoms with van der Waals surface area (Å²) in [5, 5.41) is 8.83. The Morgan fingerprint density at radius 1 is 1.32 bits per heavy atom. The van der Waals surface area contributed by atoms with Crippen molar-refractivity contribution in [3.05, 3.63) is 0 Å². The van der Waals surface area contributed by atoms with Crippen molar-refractivity contribution in [1.29, 1.82) is 0 Å². The molecule has 0 aliphatic heterocycles. The predicted molar refractivity (Wildman–Crippen MR) is 62.9 cm³/mol. The van der Waals surface area contributed by atoms with Gasteiger partial charge in [0.1, 0.15) is 0 Å². The zero-order valence-corrected chi connectivity index (χ0v) is 10.9. The van der Waals surface area contributed by atoms with Gasteiger partial charge >= 0.3 is 12.1 Å². The Bertz CT molecular complexity index is 288. The number of ether oxygens (including phenoxy) is 1. The lowest BCUT2D eigenvalue weighted by molar-refractivity contribution is -0.185. The Morgan fingerprint density at radius 3 is 2.32 bits per heavy atom. The Morgan fingerprint density at radius 2 is 1.89 bits per heavy atom. The van der Waals surface area contributed by atoms with Crippen LogP contribution in [0.25, 0.3) is 0 Å². The number of carbonyl (C=O) groups is 1. The SMILES string of the molecule is COCCN(CC(=O)O)C1CCC(C(F)(F)F)CC1. The quantitative estimate of drug-likeness (QED) is 0.811. The molecule has 0 heterocycles. The maximum atomic E-state index is 12.6. The third kappa shape index (κ3) is 5.36. The molecule has 0 aromatic heterocycles. The standard InChI is InChI=1S/C12H20F3NO3/c1-19-7-6-16(8-11(17)18)10-4-2-9(3-5-10)12(13,14)15/h9-10H,2-8H2,1H3,(H,17,18). The number of hydrogen-bond acceptors (Lipinski definition) is 3. The number of nitrogens with zero attached hydrogens (tertiary/aromatic N) is 1. The van der Waals surface area contributed by atoms with Crippen LogP contribution in [0.15, 0.2) is 0 Å². The van der Waals surface area contributed by atoms with Crippen LogP contribution in [0, 0.1) is 5.92 Å². The Labute approximate surface area is 110 Å². The zero-order valence-electron chi connectivity index (χ0n) is 10.9. The molecule has 0 radical (unpaired) electrons. The average molecular weight is 283 g/mol. The second-order valence-electron chi connectivity index (χ2n) is 4.90. The van der Waals surface area contributed by atoms with Crippen molar-refractivity contribution < 1.29 is 27.8 Å². The van der Waals surface area contributed by atoms with Gasteiger partial charge in [-0.05, 0) is 25.7 Å². The van der Waals surface area contributed by atoms with Crippen molar-refractivity contribution >= 4 is 5.97 Å². The molecule has 4 nitrogen and oxygen atoms in total. The Balaban J connectivity index is 2.51. The highest BCUT2D eigenvalue weighted by Crippen LogP contribution is 2.38. The number of rotatable bonds is 6. The molecular weight excluding hydrogens is 263 g/mol. The number of halogens is 3. The minimum Gasteiger partial charge on any atom is -0.480 e. The van der Waals surface area contributed by atoms with Gasteiger partial charge in [0.15, 0.2) is 0 Å². The molecule has 0 amide bonds. The van der Waals surface area contributed by atoms with E-state index in [2.05, 4.69) is 0 Å². The molecule has 0 spiro atoms. The fourth-order valence-corrected chi connectivity index (χ4v) is 2.54. The highest BCUT2D eigenvalue weighted by Gasteiger charge is 2.42. The van der Waals surface area contributed by atoms with E-state index in [1.807, 2.05) is 0 Å².